The van der Waals surface area contributed by atoms with E-state index in [0.717, 1.165) is 12.5 Å². The van der Waals surface area contributed by atoms with Crippen molar-refractivity contribution in [3.8, 4) is 0 Å². The van der Waals surface area contributed by atoms with Crippen LogP contribution in [0.25, 0.3) is 0 Å². The number of hydrogen-bond acceptors (Lipinski definition) is 2. The average Bonchev–Trinajstić information content (AvgIpc) is 2.67. The Kier molecular flexibility index (Phi) is 3.32. The van der Waals surface area contributed by atoms with Gasteiger partial charge in [-0.3, -0.25) is 5.32 Å². The van der Waals surface area contributed by atoms with Crippen LogP contribution < -0.4 is 10.6 Å². The molecule has 3 rings (SSSR count). The van der Waals surface area contributed by atoms with Gasteiger partial charge < -0.3 is 5.32 Å². The molecular weight excluding hydrogens is 208 g/mol. The highest BCUT2D eigenvalue weighted by molar-refractivity contribution is 5.53. The summed E-state index contributed by atoms with van der Waals surface area (Å²) in [5.41, 5.74) is 2.73. The van der Waals surface area contributed by atoms with Crippen molar-refractivity contribution in [3.63, 3.8) is 0 Å². The predicted molar refractivity (Wildman–Crippen MR) is 71.9 cm³/mol. The lowest BCUT2D eigenvalue weighted by molar-refractivity contribution is 0.338. The molecule has 2 aliphatic rings. The Bertz CT molecular complexity index is 367. The predicted octanol–water partition coefficient (Wildman–Crippen LogP) is 3.50. The minimum Gasteiger partial charge on any atom is -0.369 e. The maximum Gasteiger partial charge on any atom is 0.0799 e. The molecule has 0 radical (unpaired) electrons. The van der Waals surface area contributed by atoms with Crippen molar-refractivity contribution >= 4 is 5.69 Å². The third kappa shape index (κ3) is 2.47. The summed E-state index contributed by atoms with van der Waals surface area (Å²) in [6.07, 6.45) is 8.93. The van der Waals surface area contributed by atoms with Gasteiger partial charge in [-0.15, -0.1) is 0 Å². The van der Waals surface area contributed by atoms with E-state index in [0.29, 0.717) is 6.17 Å². The summed E-state index contributed by atoms with van der Waals surface area (Å²) < 4.78 is 0. The Balaban J connectivity index is 1.70. The van der Waals surface area contributed by atoms with Gasteiger partial charge in [-0.1, -0.05) is 43.9 Å². The fourth-order valence-electron chi connectivity index (χ4n) is 3.18. The first-order chi connectivity index (χ1) is 8.43. The second-order valence-corrected chi connectivity index (χ2v) is 5.41. The van der Waals surface area contributed by atoms with Crippen molar-refractivity contribution in [1.82, 2.24) is 5.32 Å². The minimum atomic E-state index is 0.489. The fraction of sp³-hybridized carbons (Fsp3) is 0.600. The minimum absolute atomic E-state index is 0.489. The number of nitrogens with one attached hydrogen (secondary N) is 2. The topological polar surface area (TPSA) is 24.1 Å². The molecule has 2 heteroatoms. The van der Waals surface area contributed by atoms with Crippen LogP contribution in [-0.4, -0.2) is 6.17 Å². The van der Waals surface area contributed by atoms with Gasteiger partial charge in [-0.25, -0.2) is 0 Å². The van der Waals surface area contributed by atoms with Crippen molar-refractivity contribution in [1.29, 1.82) is 0 Å². The number of anilines is 1. The van der Waals surface area contributed by atoms with E-state index in [1.165, 1.54) is 49.8 Å². The smallest absolute Gasteiger partial charge is 0.0799 e. The number of para-hydroxylation sites is 1. The van der Waals surface area contributed by atoms with Crippen molar-refractivity contribution in [3.05, 3.63) is 29.8 Å². The zero-order valence-corrected chi connectivity index (χ0v) is 10.4. The molecule has 1 saturated carbocycles. The van der Waals surface area contributed by atoms with Crippen LogP contribution in [0.15, 0.2) is 24.3 Å². The molecule has 1 aromatic rings. The first-order valence-electron chi connectivity index (χ1n) is 7.01. The lowest BCUT2D eigenvalue weighted by atomic mass is 9.94. The molecule has 0 aromatic heterocycles. The molecular formula is C15H22N2. The van der Waals surface area contributed by atoms with E-state index < -0.39 is 0 Å². The maximum atomic E-state index is 3.68. The van der Waals surface area contributed by atoms with Gasteiger partial charge >= 0.3 is 0 Å². The zero-order chi connectivity index (χ0) is 11.5. The molecule has 0 spiro atoms. The van der Waals surface area contributed by atoms with Gasteiger partial charge in [0.15, 0.2) is 0 Å². The van der Waals surface area contributed by atoms with Gasteiger partial charge in [0, 0.05) is 12.2 Å². The third-order valence-corrected chi connectivity index (χ3v) is 4.21. The molecule has 1 aliphatic heterocycles. The van der Waals surface area contributed by atoms with E-state index in [9.17, 15) is 0 Å². The van der Waals surface area contributed by atoms with Crippen molar-refractivity contribution in [2.24, 2.45) is 5.92 Å². The summed E-state index contributed by atoms with van der Waals surface area (Å²) in [4.78, 5) is 0. The number of fused-ring (bicyclic) bond motifs is 1. The van der Waals surface area contributed by atoms with Crippen LogP contribution in [0.5, 0.6) is 0 Å². The van der Waals surface area contributed by atoms with Crippen molar-refractivity contribution in [2.45, 2.75) is 51.2 Å². The van der Waals surface area contributed by atoms with Crippen molar-refractivity contribution < 1.29 is 0 Å². The van der Waals surface area contributed by atoms with Crippen LogP contribution in [0.3, 0.4) is 0 Å². The van der Waals surface area contributed by atoms with Crippen molar-refractivity contribution in [2.75, 3.05) is 5.32 Å². The normalized spacial score (nSPS) is 25.8. The van der Waals surface area contributed by atoms with Gasteiger partial charge in [-0.05, 0) is 30.4 Å². The SMILES string of the molecule is c1ccc2c(c1)CNC(C1CCCCCC1)N2. The Morgan fingerprint density at radius 2 is 1.71 bits per heavy atom. The summed E-state index contributed by atoms with van der Waals surface area (Å²) in [5.74, 6) is 0.811. The quantitative estimate of drug-likeness (QED) is 0.722. The Labute approximate surface area is 104 Å². The molecule has 1 atom stereocenters. The summed E-state index contributed by atoms with van der Waals surface area (Å²) >= 11 is 0. The van der Waals surface area contributed by atoms with Crippen LogP contribution >= 0.6 is 0 Å². The Morgan fingerprint density at radius 3 is 2.53 bits per heavy atom. The second kappa shape index (κ2) is 5.09. The van der Waals surface area contributed by atoms with Gasteiger partial charge in [0.1, 0.15) is 0 Å². The lowest BCUT2D eigenvalue weighted by Gasteiger charge is -2.34. The standard InChI is InChI=1S/C15H22N2/c1-2-4-8-12(7-3-1)15-16-11-13-9-5-6-10-14(13)17-15/h5-6,9-10,12,15-17H,1-4,7-8,11H2. The number of hydrogen-bond donors (Lipinski definition) is 2. The van der Waals surface area contributed by atoms with E-state index in [1.54, 1.807) is 0 Å². The third-order valence-electron chi connectivity index (χ3n) is 4.21. The summed E-state index contributed by atoms with van der Waals surface area (Å²) in [5, 5.41) is 7.34. The summed E-state index contributed by atoms with van der Waals surface area (Å²) in [6, 6.07) is 8.66. The highest BCUT2D eigenvalue weighted by atomic mass is 15.2. The number of benzene rings is 1. The van der Waals surface area contributed by atoms with Crippen LogP contribution in [0.1, 0.15) is 44.1 Å². The molecule has 2 nitrogen and oxygen atoms in total. The van der Waals surface area contributed by atoms with Gasteiger partial charge in [-0.2, -0.15) is 0 Å². The zero-order valence-electron chi connectivity index (χ0n) is 10.4. The summed E-state index contributed by atoms with van der Waals surface area (Å²) in [7, 11) is 0. The molecule has 0 amide bonds. The van der Waals surface area contributed by atoms with E-state index >= 15 is 0 Å². The van der Waals surface area contributed by atoms with E-state index in [4.69, 9.17) is 0 Å². The highest BCUT2D eigenvalue weighted by Gasteiger charge is 2.25. The van der Waals surface area contributed by atoms with Crippen LogP contribution in [0.2, 0.25) is 0 Å². The van der Waals surface area contributed by atoms with Crippen LogP contribution in [0.4, 0.5) is 5.69 Å². The second-order valence-electron chi connectivity index (χ2n) is 5.41. The van der Waals surface area contributed by atoms with E-state index in [2.05, 4.69) is 34.9 Å². The van der Waals surface area contributed by atoms with Gasteiger partial charge in [0.2, 0.25) is 0 Å². The summed E-state index contributed by atoms with van der Waals surface area (Å²) in [6.45, 7) is 1.02. The van der Waals surface area contributed by atoms with E-state index in [1.807, 2.05) is 0 Å². The monoisotopic (exact) mass is 230 g/mol. The van der Waals surface area contributed by atoms with E-state index in [-0.39, 0.29) is 0 Å². The molecule has 92 valence electrons. The largest absolute Gasteiger partial charge is 0.369 e. The van der Waals surface area contributed by atoms with Crippen LogP contribution in [0, 0.1) is 5.92 Å². The lowest BCUT2D eigenvalue weighted by Crippen LogP contribution is -2.45. The fourth-order valence-corrected chi connectivity index (χ4v) is 3.18. The first-order valence-corrected chi connectivity index (χ1v) is 7.01. The Hall–Kier alpha value is -1.02. The molecule has 1 unspecified atom stereocenters. The molecule has 2 N–H and O–H groups in total. The van der Waals surface area contributed by atoms with Crippen LogP contribution in [-0.2, 0) is 6.54 Å². The molecule has 0 saturated heterocycles. The molecule has 1 aliphatic carbocycles. The molecule has 17 heavy (non-hydrogen) atoms. The van der Waals surface area contributed by atoms with Gasteiger partial charge in [0.05, 0.1) is 6.17 Å². The highest BCUT2D eigenvalue weighted by Crippen LogP contribution is 2.29. The molecule has 0 bridgehead atoms. The van der Waals surface area contributed by atoms with Gasteiger partial charge in [0.25, 0.3) is 0 Å². The Morgan fingerprint density at radius 1 is 0.941 bits per heavy atom. The maximum absolute atomic E-state index is 3.68. The first kappa shape index (κ1) is 11.1. The number of rotatable bonds is 1. The molecule has 1 aromatic carbocycles. The molecule has 1 heterocycles. The molecule has 1 fully saturated rings. The average molecular weight is 230 g/mol.